The molecule has 0 fully saturated rings. The molecule has 0 spiro atoms. The lowest BCUT2D eigenvalue weighted by Gasteiger charge is -2.20. The quantitative estimate of drug-likeness (QED) is 0.780. The van der Waals surface area contributed by atoms with E-state index in [2.05, 4.69) is 29.8 Å². The minimum absolute atomic E-state index is 0.389. The van der Waals surface area contributed by atoms with Crippen LogP contribution in [0.4, 0.5) is 5.82 Å². The zero-order chi connectivity index (χ0) is 14.5. The van der Waals surface area contributed by atoms with Crippen molar-refractivity contribution in [1.29, 1.82) is 0 Å². The summed E-state index contributed by atoms with van der Waals surface area (Å²) < 4.78 is 0. The third-order valence-corrected chi connectivity index (χ3v) is 3.46. The molecule has 2 aromatic rings. The van der Waals surface area contributed by atoms with Crippen molar-refractivity contribution in [3.63, 3.8) is 0 Å². The van der Waals surface area contributed by atoms with Crippen LogP contribution in [0.1, 0.15) is 36.7 Å². The molecule has 0 bridgehead atoms. The van der Waals surface area contributed by atoms with Gasteiger partial charge in [-0.1, -0.05) is 19.9 Å². The van der Waals surface area contributed by atoms with E-state index < -0.39 is 0 Å². The Hall–Kier alpha value is -1.61. The second-order valence-electron chi connectivity index (χ2n) is 5.22. The average molecular weight is 290 g/mol. The molecule has 2 aromatic heterocycles. The smallest absolute Gasteiger partial charge is 0.129 e. The number of pyridine rings is 2. The number of halogens is 1. The molecule has 0 aliphatic carbocycles. The van der Waals surface area contributed by atoms with Gasteiger partial charge in [0.15, 0.2) is 0 Å². The number of hydrogen-bond donors (Lipinski definition) is 0. The van der Waals surface area contributed by atoms with E-state index in [9.17, 15) is 0 Å². The highest BCUT2D eigenvalue weighted by Gasteiger charge is 2.10. The van der Waals surface area contributed by atoms with Crippen LogP contribution in [0, 0.1) is 0 Å². The second kappa shape index (κ2) is 6.71. The molecule has 0 aromatic carbocycles. The van der Waals surface area contributed by atoms with Crippen molar-refractivity contribution < 1.29 is 0 Å². The van der Waals surface area contributed by atoms with Crippen molar-refractivity contribution in [3.8, 4) is 0 Å². The van der Waals surface area contributed by atoms with Gasteiger partial charge in [0.2, 0.25) is 0 Å². The lowest BCUT2D eigenvalue weighted by Crippen LogP contribution is -2.19. The summed E-state index contributed by atoms with van der Waals surface area (Å²) in [5, 5.41) is 0. The van der Waals surface area contributed by atoms with Gasteiger partial charge in [0.1, 0.15) is 5.82 Å². The van der Waals surface area contributed by atoms with Gasteiger partial charge in [-0.3, -0.25) is 4.98 Å². The summed E-state index contributed by atoms with van der Waals surface area (Å²) in [6, 6.07) is 10.1. The van der Waals surface area contributed by atoms with Gasteiger partial charge in [0, 0.05) is 24.8 Å². The minimum atomic E-state index is 0.389. The number of rotatable bonds is 5. The molecule has 106 valence electrons. The van der Waals surface area contributed by atoms with Crippen LogP contribution in [0.3, 0.4) is 0 Å². The Bertz CT molecular complexity index is 555. The van der Waals surface area contributed by atoms with Gasteiger partial charge in [0.05, 0.1) is 12.2 Å². The Morgan fingerprint density at radius 3 is 2.65 bits per heavy atom. The van der Waals surface area contributed by atoms with Crippen LogP contribution in [-0.4, -0.2) is 17.0 Å². The fourth-order valence-electron chi connectivity index (χ4n) is 1.98. The van der Waals surface area contributed by atoms with Gasteiger partial charge in [-0.2, -0.15) is 0 Å². The highest BCUT2D eigenvalue weighted by Crippen LogP contribution is 2.21. The number of aromatic nitrogens is 2. The van der Waals surface area contributed by atoms with Crippen LogP contribution in [0.25, 0.3) is 0 Å². The van der Waals surface area contributed by atoms with E-state index in [1.165, 1.54) is 0 Å². The van der Waals surface area contributed by atoms with Crippen molar-refractivity contribution in [3.05, 3.63) is 53.5 Å². The molecule has 0 atom stereocenters. The summed E-state index contributed by atoms with van der Waals surface area (Å²) >= 11 is 5.98. The van der Waals surface area contributed by atoms with Crippen LogP contribution in [0.5, 0.6) is 0 Å². The van der Waals surface area contributed by atoms with E-state index in [0.29, 0.717) is 11.8 Å². The van der Waals surface area contributed by atoms with Gasteiger partial charge < -0.3 is 4.90 Å². The van der Waals surface area contributed by atoms with E-state index in [-0.39, 0.29) is 0 Å². The topological polar surface area (TPSA) is 29.0 Å². The Labute approximate surface area is 125 Å². The number of anilines is 1. The SMILES string of the molecule is CC(C)c1cc(CCl)cc(N(C)Cc2ccccn2)n1. The average Bonchev–Trinajstić information content (AvgIpc) is 2.47. The maximum absolute atomic E-state index is 5.98. The summed E-state index contributed by atoms with van der Waals surface area (Å²) in [5.41, 5.74) is 3.21. The highest BCUT2D eigenvalue weighted by atomic mass is 35.5. The fraction of sp³-hybridized carbons (Fsp3) is 0.375. The van der Waals surface area contributed by atoms with Crippen LogP contribution < -0.4 is 4.90 Å². The summed E-state index contributed by atoms with van der Waals surface area (Å²) in [5.74, 6) is 1.84. The molecular weight excluding hydrogens is 270 g/mol. The number of hydrogen-bond acceptors (Lipinski definition) is 3. The number of nitrogens with zero attached hydrogens (tertiary/aromatic N) is 3. The summed E-state index contributed by atoms with van der Waals surface area (Å²) in [6.07, 6.45) is 1.81. The molecular formula is C16H20ClN3. The van der Waals surface area contributed by atoms with Gasteiger partial charge in [-0.05, 0) is 35.7 Å². The normalized spacial score (nSPS) is 10.8. The number of alkyl halides is 1. The molecule has 0 saturated carbocycles. The van der Waals surface area contributed by atoms with E-state index in [1.54, 1.807) is 0 Å². The maximum Gasteiger partial charge on any atom is 0.129 e. The third kappa shape index (κ3) is 3.70. The zero-order valence-electron chi connectivity index (χ0n) is 12.2. The van der Waals surface area contributed by atoms with Crippen molar-refractivity contribution in [2.45, 2.75) is 32.2 Å². The Balaban J connectivity index is 2.24. The van der Waals surface area contributed by atoms with Crippen LogP contribution in [0.2, 0.25) is 0 Å². The van der Waals surface area contributed by atoms with Gasteiger partial charge >= 0.3 is 0 Å². The lowest BCUT2D eigenvalue weighted by molar-refractivity contribution is 0.798. The molecule has 0 unspecified atom stereocenters. The Morgan fingerprint density at radius 1 is 1.25 bits per heavy atom. The molecule has 0 amide bonds. The minimum Gasteiger partial charge on any atom is -0.354 e. The third-order valence-electron chi connectivity index (χ3n) is 3.15. The molecule has 3 nitrogen and oxygen atoms in total. The monoisotopic (exact) mass is 289 g/mol. The van der Waals surface area contributed by atoms with Crippen LogP contribution in [-0.2, 0) is 12.4 Å². The first-order valence-corrected chi connectivity index (χ1v) is 7.31. The molecule has 0 aliphatic rings. The van der Waals surface area contributed by atoms with Gasteiger partial charge in [-0.25, -0.2) is 4.98 Å². The van der Waals surface area contributed by atoms with Gasteiger partial charge in [-0.15, -0.1) is 11.6 Å². The standard InChI is InChI=1S/C16H20ClN3/c1-12(2)15-8-13(10-17)9-16(19-15)20(3)11-14-6-4-5-7-18-14/h4-9,12H,10-11H2,1-3H3. The van der Waals surface area contributed by atoms with Crippen LogP contribution in [0.15, 0.2) is 36.5 Å². The first kappa shape index (κ1) is 14.8. The second-order valence-corrected chi connectivity index (χ2v) is 5.49. The molecule has 0 radical (unpaired) electrons. The van der Waals surface area contributed by atoms with E-state index in [4.69, 9.17) is 16.6 Å². The maximum atomic E-state index is 5.98. The largest absolute Gasteiger partial charge is 0.354 e. The van der Waals surface area contributed by atoms with Crippen LogP contribution >= 0.6 is 11.6 Å². The summed E-state index contributed by atoms with van der Waals surface area (Å²) in [4.78, 5) is 11.2. The van der Waals surface area contributed by atoms with Crippen molar-refractivity contribution >= 4 is 17.4 Å². The van der Waals surface area contributed by atoms with Crippen molar-refractivity contribution in [2.75, 3.05) is 11.9 Å². The molecule has 0 aliphatic heterocycles. The Morgan fingerprint density at radius 2 is 2.05 bits per heavy atom. The molecule has 20 heavy (non-hydrogen) atoms. The molecule has 0 saturated heterocycles. The first-order valence-electron chi connectivity index (χ1n) is 6.78. The fourth-order valence-corrected chi connectivity index (χ4v) is 2.13. The van der Waals surface area contributed by atoms with E-state index >= 15 is 0 Å². The molecule has 4 heteroatoms. The van der Waals surface area contributed by atoms with Gasteiger partial charge in [0.25, 0.3) is 0 Å². The summed E-state index contributed by atoms with van der Waals surface area (Å²) in [6.45, 7) is 5.02. The molecule has 2 heterocycles. The molecule has 0 N–H and O–H groups in total. The molecule has 2 rings (SSSR count). The van der Waals surface area contributed by atoms with Crippen molar-refractivity contribution in [2.24, 2.45) is 0 Å². The summed E-state index contributed by atoms with van der Waals surface area (Å²) in [7, 11) is 2.03. The predicted octanol–water partition coefficient (Wildman–Crippen LogP) is 3.98. The van der Waals surface area contributed by atoms with E-state index in [0.717, 1.165) is 29.3 Å². The first-order chi connectivity index (χ1) is 9.60. The Kier molecular flexibility index (Phi) is 4.96. The predicted molar refractivity (Wildman–Crippen MR) is 84.2 cm³/mol. The highest BCUT2D eigenvalue weighted by molar-refractivity contribution is 6.17. The zero-order valence-corrected chi connectivity index (χ0v) is 12.9. The van der Waals surface area contributed by atoms with Crippen molar-refractivity contribution in [1.82, 2.24) is 9.97 Å². The lowest BCUT2D eigenvalue weighted by atomic mass is 10.1. The van der Waals surface area contributed by atoms with E-state index in [1.807, 2.05) is 37.5 Å².